The van der Waals surface area contributed by atoms with E-state index in [1.54, 1.807) is 6.07 Å². The maximum atomic E-state index is 11.8. The van der Waals surface area contributed by atoms with Crippen molar-refractivity contribution in [3.05, 3.63) is 33.8 Å². The van der Waals surface area contributed by atoms with E-state index in [1.807, 2.05) is 20.8 Å². The minimum atomic E-state index is -0.676. The molecule has 0 unspecified atom stereocenters. The lowest BCUT2D eigenvalue weighted by Crippen LogP contribution is -2.38. The summed E-state index contributed by atoms with van der Waals surface area (Å²) in [6.45, 7) is 5.52. The Labute approximate surface area is 128 Å². The van der Waals surface area contributed by atoms with Crippen molar-refractivity contribution >= 4 is 35.1 Å². The average molecular weight is 318 g/mol. The summed E-state index contributed by atoms with van der Waals surface area (Å²) in [5.74, 6) is -0.723. The molecule has 1 N–H and O–H groups in total. The fraction of sp³-hybridized carbons (Fsp3) is 0.429. The molecule has 0 heterocycles. The zero-order valence-electron chi connectivity index (χ0n) is 11.6. The van der Waals surface area contributed by atoms with E-state index >= 15 is 0 Å². The molecule has 1 rings (SSSR count). The van der Waals surface area contributed by atoms with Crippen LogP contribution in [-0.4, -0.2) is 24.5 Å². The predicted octanol–water partition coefficient (Wildman–Crippen LogP) is 3.31. The van der Waals surface area contributed by atoms with Crippen molar-refractivity contribution in [1.29, 1.82) is 0 Å². The first-order valence-electron chi connectivity index (χ1n) is 6.22. The van der Waals surface area contributed by atoms with Crippen molar-refractivity contribution in [2.45, 2.75) is 26.8 Å². The zero-order chi connectivity index (χ0) is 15.3. The first-order chi connectivity index (χ1) is 9.31. The number of esters is 1. The highest BCUT2D eigenvalue weighted by Crippen LogP contribution is 2.21. The maximum Gasteiger partial charge on any atom is 0.340 e. The van der Waals surface area contributed by atoms with Crippen LogP contribution in [0.15, 0.2) is 18.2 Å². The van der Waals surface area contributed by atoms with Gasteiger partial charge in [0, 0.05) is 11.1 Å². The van der Waals surface area contributed by atoms with Crippen LogP contribution < -0.4 is 5.32 Å². The van der Waals surface area contributed by atoms with E-state index < -0.39 is 5.97 Å². The van der Waals surface area contributed by atoms with E-state index in [-0.39, 0.29) is 29.1 Å². The van der Waals surface area contributed by atoms with Crippen LogP contribution in [0, 0.1) is 5.92 Å². The molecule has 1 aromatic carbocycles. The minimum absolute atomic E-state index is 0.0101. The smallest absolute Gasteiger partial charge is 0.340 e. The Kier molecular flexibility index (Phi) is 6.30. The van der Waals surface area contributed by atoms with E-state index in [4.69, 9.17) is 27.9 Å². The summed E-state index contributed by atoms with van der Waals surface area (Å²) in [7, 11) is 0. The predicted molar refractivity (Wildman–Crippen MR) is 79.2 cm³/mol. The zero-order valence-corrected chi connectivity index (χ0v) is 13.1. The Morgan fingerprint density at radius 1 is 1.25 bits per heavy atom. The number of nitrogens with one attached hydrogen (secondary N) is 1. The van der Waals surface area contributed by atoms with Gasteiger partial charge in [-0.1, -0.05) is 37.0 Å². The van der Waals surface area contributed by atoms with Crippen molar-refractivity contribution in [1.82, 2.24) is 5.32 Å². The summed E-state index contributed by atoms with van der Waals surface area (Å²) in [6, 6.07) is 4.48. The maximum absolute atomic E-state index is 11.8. The monoisotopic (exact) mass is 317 g/mol. The van der Waals surface area contributed by atoms with Gasteiger partial charge in [-0.15, -0.1) is 0 Å². The summed E-state index contributed by atoms with van der Waals surface area (Å²) in [4.78, 5) is 23.4. The fourth-order valence-corrected chi connectivity index (χ4v) is 1.69. The summed E-state index contributed by atoms with van der Waals surface area (Å²) in [5.41, 5.74) is 0.142. The number of hydrogen-bond acceptors (Lipinski definition) is 3. The van der Waals surface area contributed by atoms with Gasteiger partial charge in [0.2, 0.25) is 0 Å². The highest BCUT2D eigenvalue weighted by Gasteiger charge is 2.16. The summed E-state index contributed by atoms with van der Waals surface area (Å²) < 4.78 is 4.91. The normalized spacial score (nSPS) is 12.1. The molecule has 0 bridgehead atoms. The van der Waals surface area contributed by atoms with E-state index in [9.17, 15) is 9.59 Å². The number of benzene rings is 1. The van der Waals surface area contributed by atoms with Crippen LogP contribution in [-0.2, 0) is 9.53 Å². The lowest BCUT2D eigenvalue weighted by molar-refractivity contribution is -0.125. The van der Waals surface area contributed by atoms with Crippen LogP contribution in [0.4, 0.5) is 0 Å². The number of carbonyl (C=O) groups is 2. The largest absolute Gasteiger partial charge is 0.452 e. The third-order valence-corrected chi connectivity index (χ3v) is 3.44. The van der Waals surface area contributed by atoms with Gasteiger partial charge in [0.15, 0.2) is 6.61 Å². The van der Waals surface area contributed by atoms with Gasteiger partial charge in [-0.05, 0) is 31.0 Å². The molecular formula is C14H17Cl2NO3. The first-order valence-corrected chi connectivity index (χ1v) is 6.98. The Morgan fingerprint density at radius 3 is 2.50 bits per heavy atom. The van der Waals surface area contributed by atoms with Crippen LogP contribution in [0.2, 0.25) is 10.0 Å². The molecule has 1 aromatic rings. The topological polar surface area (TPSA) is 55.4 Å². The number of amides is 1. The molecule has 6 heteroatoms. The second-order valence-corrected chi connectivity index (χ2v) is 5.64. The first kappa shape index (κ1) is 16.8. The van der Waals surface area contributed by atoms with E-state index in [1.165, 1.54) is 12.1 Å². The molecule has 110 valence electrons. The minimum Gasteiger partial charge on any atom is -0.452 e. The second kappa shape index (κ2) is 7.50. The number of rotatable bonds is 5. The highest BCUT2D eigenvalue weighted by atomic mass is 35.5. The van der Waals surface area contributed by atoms with E-state index in [0.29, 0.717) is 10.9 Å². The van der Waals surface area contributed by atoms with Crippen molar-refractivity contribution < 1.29 is 14.3 Å². The van der Waals surface area contributed by atoms with Crippen LogP contribution in [0.25, 0.3) is 0 Å². The molecule has 20 heavy (non-hydrogen) atoms. The van der Waals surface area contributed by atoms with Gasteiger partial charge in [-0.25, -0.2) is 4.79 Å². The fourth-order valence-electron chi connectivity index (χ4n) is 1.33. The Balaban J connectivity index is 2.55. The molecule has 0 aliphatic carbocycles. The quantitative estimate of drug-likeness (QED) is 0.848. The third kappa shape index (κ3) is 5.02. The van der Waals surface area contributed by atoms with Crippen molar-refractivity contribution in [2.75, 3.05) is 6.61 Å². The molecule has 0 aliphatic rings. The molecule has 0 aliphatic heterocycles. The summed E-state index contributed by atoms with van der Waals surface area (Å²) in [6.07, 6.45) is 0. The molecule has 1 atom stereocenters. The van der Waals surface area contributed by atoms with E-state index in [0.717, 1.165) is 0 Å². The summed E-state index contributed by atoms with van der Waals surface area (Å²) >= 11 is 11.7. The van der Waals surface area contributed by atoms with Gasteiger partial charge >= 0.3 is 5.97 Å². The van der Waals surface area contributed by atoms with Gasteiger partial charge in [0.25, 0.3) is 5.91 Å². The van der Waals surface area contributed by atoms with Gasteiger partial charge in [-0.2, -0.15) is 0 Å². The van der Waals surface area contributed by atoms with Crippen LogP contribution in [0.3, 0.4) is 0 Å². The molecule has 0 aromatic heterocycles. The van der Waals surface area contributed by atoms with E-state index in [2.05, 4.69) is 5.32 Å². The standard InChI is InChI=1S/C14H17Cl2NO3/c1-8(2)9(3)17-13(18)7-20-14(19)11-6-10(15)4-5-12(11)16/h4-6,8-9H,7H2,1-3H3,(H,17,18)/t9-/m0/s1. The number of halogens is 2. The molecule has 0 saturated heterocycles. The van der Waals surface area contributed by atoms with Crippen molar-refractivity contribution in [3.8, 4) is 0 Å². The van der Waals surface area contributed by atoms with Crippen molar-refractivity contribution in [3.63, 3.8) is 0 Å². The molecule has 4 nitrogen and oxygen atoms in total. The van der Waals surface area contributed by atoms with Gasteiger partial charge < -0.3 is 10.1 Å². The Bertz CT molecular complexity index is 503. The van der Waals surface area contributed by atoms with Gasteiger partial charge in [0.1, 0.15) is 0 Å². The number of hydrogen-bond donors (Lipinski definition) is 1. The lowest BCUT2D eigenvalue weighted by Gasteiger charge is -2.17. The number of carbonyl (C=O) groups excluding carboxylic acids is 2. The van der Waals surface area contributed by atoms with Crippen LogP contribution in [0.1, 0.15) is 31.1 Å². The second-order valence-electron chi connectivity index (χ2n) is 4.80. The molecule has 0 saturated carbocycles. The Morgan fingerprint density at radius 2 is 1.90 bits per heavy atom. The summed E-state index contributed by atoms with van der Waals surface area (Å²) in [5, 5.41) is 3.34. The van der Waals surface area contributed by atoms with Crippen LogP contribution >= 0.6 is 23.2 Å². The SMILES string of the molecule is CC(C)[C@H](C)NC(=O)COC(=O)c1cc(Cl)ccc1Cl. The molecule has 1 amide bonds. The van der Waals surface area contributed by atoms with Crippen molar-refractivity contribution in [2.24, 2.45) is 5.92 Å². The molecular weight excluding hydrogens is 301 g/mol. The molecule has 0 spiro atoms. The highest BCUT2D eigenvalue weighted by molar-refractivity contribution is 6.35. The van der Waals surface area contributed by atoms with Gasteiger partial charge in [0.05, 0.1) is 10.6 Å². The molecule has 0 radical (unpaired) electrons. The van der Waals surface area contributed by atoms with Crippen LogP contribution in [0.5, 0.6) is 0 Å². The Hall–Kier alpha value is -1.26. The average Bonchev–Trinajstić information content (AvgIpc) is 2.38. The van der Waals surface area contributed by atoms with Gasteiger partial charge in [-0.3, -0.25) is 4.79 Å². The molecule has 0 fully saturated rings. The lowest BCUT2D eigenvalue weighted by atomic mass is 10.1. The third-order valence-electron chi connectivity index (χ3n) is 2.87. The number of ether oxygens (including phenoxy) is 1.